The van der Waals surface area contributed by atoms with Gasteiger partial charge in [-0.1, -0.05) is 29.3 Å². The first-order valence-corrected chi connectivity index (χ1v) is 10.5. The van der Waals surface area contributed by atoms with Crippen molar-refractivity contribution in [2.24, 2.45) is 5.73 Å². The largest absolute Gasteiger partial charge is 0.370 e. The number of nitrogens with zero attached hydrogens (tertiary/aromatic N) is 4. The zero-order valence-electron chi connectivity index (χ0n) is 16.2. The SMILES string of the molecule is CCN(CC)c1cccc2nc3n(c12)CC(N)CCN3c1ccc(Cl)cc1Cl. The van der Waals surface area contributed by atoms with Gasteiger partial charge in [-0.2, -0.15) is 0 Å². The van der Waals surface area contributed by atoms with Gasteiger partial charge >= 0.3 is 0 Å². The fourth-order valence-electron chi connectivity index (χ4n) is 4.00. The highest BCUT2D eigenvalue weighted by Gasteiger charge is 2.27. The molecule has 1 atom stereocenters. The van der Waals surface area contributed by atoms with Crippen molar-refractivity contribution < 1.29 is 0 Å². The van der Waals surface area contributed by atoms with E-state index in [1.165, 1.54) is 5.69 Å². The lowest BCUT2D eigenvalue weighted by Crippen LogP contribution is -2.27. The van der Waals surface area contributed by atoms with Crippen molar-refractivity contribution in [3.63, 3.8) is 0 Å². The molecule has 4 rings (SSSR count). The molecule has 28 heavy (non-hydrogen) atoms. The van der Waals surface area contributed by atoms with Crippen LogP contribution in [0.2, 0.25) is 10.0 Å². The molecule has 1 unspecified atom stereocenters. The fourth-order valence-corrected chi connectivity index (χ4v) is 4.51. The predicted octanol–water partition coefficient (Wildman–Crippen LogP) is 5.06. The van der Waals surface area contributed by atoms with Gasteiger partial charge in [0, 0.05) is 37.2 Å². The van der Waals surface area contributed by atoms with Crippen molar-refractivity contribution in [2.45, 2.75) is 32.9 Å². The highest BCUT2D eigenvalue weighted by molar-refractivity contribution is 6.36. The van der Waals surface area contributed by atoms with E-state index in [-0.39, 0.29) is 6.04 Å². The Morgan fingerprint density at radius 2 is 1.96 bits per heavy atom. The molecule has 0 fully saturated rings. The van der Waals surface area contributed by atoms with E-state index in [0.717, 1.165) is 55.3 Å². The summed E-state index contributed by atoms with van der Waals surface area (Å²) in [6, 6.07) is 12.0. The van der Waals surface area contributed by atoms with Gasteiger partial charge in [0.25, 0.3) is 0 Å². The molecule has 0 amide bonds. The lowest BCUT2D eigenvalue weighted by atomic mass is 10.2. The highest BCUT2D eigenvalue weighted by atomic mass is 35.5. The summed E-state index contributed by atoms with van der Waals surface area (Å²) in [6.07, 6.45) is 0.858. The third kappa shape index (κ3) is 3.32. The van der Waals surface area contributed by atoms with Gasteiger partial charge in [-0.15, -0.1) is 0 Å². The number of nitrogens with two attached hydrogens (primary N) is 1. The Morgan fingerprint density at radius 3 is 2.68 bits per heavy atom. The van der Waals surface area contributed by atoms with Crippen molar-refractivity contribution in [2.75, 3.05) is 29.4 Å². The maximum Gasteiger partial charge on any atom is 0.211 e. The van der Waals surface area contributed by atoms with Crippen LogP contribution in [0.5, 0.6) is 0 Å². The predicted molar refractivity (Wildman–Crippen MR) is 119 cm³/mol. The van der Waals surface area contributed by atoms with Crippen LogP contribution in [0.3, 0.4) is 0 Å². The van der Waals surface area contributed by atoms with Crippen LogP contribution in [0.1, 0.15) is 20.3 Å². The minimum absolute atomic E-state index is 0.0528. The van der Waals surface area contributed by atoms with E-state index in [4.69, 9.17) is 33.9 Å². The average molecular weight is 418 g/mol. The number of aromatic nitrogens is 2. The Kier molecular flexibility index (Phi) is 5.41. The molecule has 0 aliphatic carbocycles. The Bertz CT molecular complexity index is 996. The Labute approximate surface area is 175 Å². The minimum Gasteiger partial charge on any atom is -0.370 e. The molecule has 3 aromatic rings. The molecule has 0 bridgehead atoms. The second-order valence-electron chi connectivity index (χ2n) is 7.14. The standard InChI is InChI=1S/C21H25Cl2N5/c1-3-26(4-2)19-7-5-6-17-20(19)28-13-15(24)10-11-27(21(28)25-17)18-9-8-14(22)12-16(18)23/h5-9,12,15H,3-4,10-11,13,24H2,1-2H3. The third-order valence-electron chi connectivity index (χ3n) is 5.41. The van der Waals surface area contributed by atoms with Crippen LogP contribution >= 0.6 is 23.2 Å². The first-order chi connectivity index (χ1) is 13.5. The van der Waals surface area contributed by atoms with Crippen LogP contribution in [-0.2, 0) is 6.54 Å². The van der Waals surface area contributed by atoms with Gasteiger partial charge in [0.2, 0.25) is 5.95 Å². The second-order valence-corrected chi connectivity index (χ2v) is 7.98. The van der Waals surface area contributed by atoms with E-state index in [9.17, 15) is 0 Å². The Balaban J connectivity index is 1.94. The number of benzene rings is 2. The summed E-state index contributed by atoms with van der Waals surface area (Å²) < 4.78 is 2.26. The van der Waals surface area contributed by atoms with E-state index in [0.29, 0.717) is 10.0 Å². The van der Waals surface area contributed by atoms with Crippen LogP contribution in [0.4, 0.5) is 17.3 Å². The molecular weight excluding hydrogens is 393 g/mol. The molecule has 148 valence electrons. The van der Waals surface area contributed by atoms with Crippen LogP contribution in [0.25, 0.3) is 11.0 Å². The van der Waals surface area contributed by atoms with Crippen molar-refractivity contribution in [3.05, 3.63) is 46.4 Å². The van der Waals surface area contributed by atoms with E-state index < -0.39 is 0 Å². The number of hydrogen-bond acceptors (Lipinski definition) is 4. The smallest absolute Gasteiger partial charge is 0.211 e. The monoisotopic (exact) mass is 417 g/mol. The third-order valence-corrected chi connectivity index (χ3v) is 5.95. The quantitative estimate of drug-likeness (QED) is 0.644. The molecule has 7 heteroatoms. The zero-order chi connectivity index (χ0) is 19.8. The number of para-hydroxylation sites is 1. The maximum atomic E-state index is 6.54. The van der Waals surface area contributed by atoms with Gasteiger partial charge in [0.05, 0.1) is 27.4 Å². The molecule has 1 aromatic heterocycles. The summed E-state index contributed by atoms with van der Waals surface area (Å²) in [4.78, 5) is 9.51. The summed E-state index contributed by atoms with van der Waals surface area (Å²) in [5.74, 6) is 0.881. The lowest BCUT2D eigenvalue weighted by Gasteiger charge is -2.24. The average Bonchev–Trinajstić information content (AvgIpc) is 2.95. The number of imidazole rings is 1. The Hall–Kier alpha value is -1.95. The van der Waals surface area contributed by atoms with E-state index in [1.54, 1.807) is 6.07 Å². The molecule has 0 saturated heterocycles. The second kappa shape index (κ2) is 7.82. The number of rotatable bonds is 4. The summed E-state index contributed by atoms with van der Waals surface area (Å²) in [6.45, 7) is 7.71. The van der Waals surface area contributed by atoms with E-state index in [1.807, 2.05) is 12.1 Å². The zero-order valence-corrected chi connectivity index (χ0v) is 17.7. The van der Waals surface area contributed by atoms with Crippen LogP contribution in [0.15, 0.2) is 36.4 Å². The molecule has 1 aliphatic heterocycles. The number of anilines is 3. The van der Waals surface area contributed by atoms with Crippen LogP contribution in [0, 0.1) is 0 Å². The highest BCUT2D eigenvalue weighted by Crippen LogP contribution is 2.38. The summed E-state index contributed by atoms with van der Waals surface area (Å²) in [5, 5.41) is 1.24. The number of halogens is 2. The summed E-state index contributed by atoms with van der Waals surface area (Å²) >= 11 is 12.7. The molecular formula is C21H25Cl2N5. The van der Waals surface area contributed by atoms with Gasteiger partial charge in [-0.25, -0.2) is 4.98 Å². The first-order valence-electron chi connectivity index (χ1n) is 9.75. The molecule has 0 saturated carbocycles. The summed E-state index contributed by atoms with van der Waals surface area (Å²) in [7, 11) is 0. The lowest BCUT2D eigenvalue weighted by molar-refractivity contribution is 0.561. The molecule has 2 N–H and O–H groups in total. The van der Waals surface area contributed by atoms with Crippen molar-refractivity contribution in [3.8, 4) is 0 Å². The molecule has 0 radical (unpaired) electrons. The van der Waals surface area contributed by atoms with Crippen molar-refractivity contribution >= 4 is 51.6 Å². The van der Waals surface area contributed by atoms with Crippen LogP contribution < -0.4 is 15.5 Å². The molecule has 2 aromatic carbocycles. The molecule has 2 heterocycles. The van der Waals surface area contributed by atoms with Gasteiger partial charge in [0.1, 0.15) is 0 Å². The van der Waals surface area contributed by atoms with E-state index in [2.05, 4.69) is 46.4 Å². The topological polar surface area (TPSA) is 50.3 Å². The Morgan fingerprint density at radius 1 is 1.18 bits per heavy atom. The van der Waals surface area contributed by atoms with Crippen molar-refractivity contribution in [1.29, 1.82) is 0 Å². The van der Waals surface area contributed by atoms with Crippen molar-refractivity contribution in [1.82, 2.24) is 9.55 Å². The maximum absolute atomic E-state index is 6.54. The van der Waals surface area contributed by atoms with Gasteiger partial charge in [-0.3, -0.25) is 0 Å². The number of hydrogen-bond donors (Lipinski definition) is 1. The fraction of sp³-hybridized carbons (Fsp3) is 0.381. The summed E-state index contributed by atoms with van der Waals surface area (Å²) in [5.41, 5.74) is 10.7. The minimum atomic E-state index is 0.0528. The normalized spacial score (nSPS) is 16.9. The molecule has 5 nitrogen and oxygen atoms in total. The van der Waals surface area contributed by atoms with Gasteiger partial charge in [-0.05, 0) is 50.6 Å². The van der Waals surface area contributed by atoms with Gasteiger partial charge in [0.15, 0.2) is 0 Å². The van der Waals surface area contributed by atoms with E-state index >= 15 is 0 Å². The molecule has 1 aliphatic rings. The first kappa shape index (κ1) is 19.4. The number of fused-ring (bicyclic) bond motifs is 3. The molecule has 0 spiro atoms. The van der Waals surface area contributed by atoms with Gasteiger partial charge < -0.3 is 20.1 Å². The van der Waals surface area contributed by atoms with Crippen LogP contribution in [-0.4, -0.2) is 35.2 Å².